The zero-order valence-electron chi connectivity index (χ0n) is 12.0. The number of benzene rings is 1. The largest absolute Gasteiger partial charge is 0.508 e. The molecule has 1 aromatic heterocycles. The van der Waals surface area contributed by atoms with Crippen LogP contribution in [0.1, 0.15) is 30.1 Å². The number of aromatic nitrogens is 2. The van der Waals surface area contributed by atoms with Gasteiger partial charge in [0.15, 0.2) is 5.69 Å². The SMILES string of the molecule is O=C(Cn1nc(C(F)(F)F)cc1C1CC1)Nc1cccc(O)c1. The highest BCUT2D eigenvalue weighted by Gasteiger charge is 2.38. The van der Waals surface area contributed by atoms with Crippen molar-refractivity contribution in [3.05, 3.63) is 41.7 Å². The third-order valence-electron chi connectivity index (χ3n) is 3.52. The van der Waals surface area contributed by atoms with Crippen molar-refractivity contribution in [1.29, 1.82) is 0 Å². The van der Waals surface area contributed by atoms with Crippen LogP contribution in [0.25, 0.3) is 0 Å². The van der Waals surface area contributed by atoms with Gasteiger partial charge in [0.2, 0.25) is 5.91 Å². The molecular formula is C15H14F3N3O2. The summed E-state index contributed by atoms with van der Waals surface area (Å²) in [6.45, 7) is -0.308. The van der Waals surface area contributed by atoms with Crippen LogP contribution in [-0.2, 0) is 17.5 Å². The van der Waals surface area contributed by atoms with Crippen molar-refractivity contribution in [1.82, 2.24) is 9.78 Å². The molecule has 1 saturated carbocycles. The van der Waals surface area contributed by atoms with Crippen molar-refractivity contribution < 1.29 is 23.1 Å². The maximum atomic E-state index is 12.8. The second-order valence-corrected chi connectivity index (χ2v) is 5.48. The number of aromatic hydroxyl groups is 1. The van der Waals surface area contributed by atoms with Crippen molar-refractivity contribution in [2.24, 2.45) is 0 Å². The minimum atomic E-state index is -4.53. The number of amides is 1. The van der Waals surface area contributed by atoms with Crippen LogP contribution in [0.5, 0.6) is 5.75 Å². The van der Waals surface area contributed by atoms with E-state index in [-0.39, 0.29) is 18.2 Å². The Morgan fingerprint density at radius 1 is 1.35 bits per heavy atom. The molecule has 0 aliphatic heterocycles. The van der Waals surface area contributed by atoms with E-state index in [1.165, 1.54) is 12.1 Å². The number of carbonyl (C=O) groups excluding carboxylic acids is 1. The molecular weight excluding hydrogens is 311 g/mol. The number of hydrogen-bond donors (Lipinski definition) is 2. The van der Waals surface area contributed by atoms with Crippen molar-refractivity contribution in [2.45, 2.75) is 31.5 Å². The van der Waals surface area contributed by atoms with E-state index >= 15 is 0 Å². The van der Waals surface area contributed by atoms with Crippen molar-refractivity contribution in [2.75, 3.05) is 5.32 Å². The fourth-order valence-electron chi connectivity index (χ4n) is 2.32. The van der Waals surface area contributed by atoms with E-state index in [9.17, 15) is 23.1 Å². The predicted octanol–water partition coefficient (Wildman–Crippen LogP) is 3.12. The van der Waals surface area contributed by atoms with Crippen LogP contribution >= 0.6 is 0 Å². The van der Waals surface area contributed by atoms with Crippen LogP contribution in [0, 0.1) is 0 Å². The van der Waals surface area contributed by atoms with Crippen LogP contribution in [0.4, 0.5) is 18.9 Å². The van der Waals surface area contributed by atoms with E-state index in [4.69, 9.17) is 0 Å². The van der Waals surface area contributed by atoms with Gasteiger partial charge in [0.1, 0.15) is 12.3 Å². The van der Waals surface area contributed by atoms with Gasteiger partial charge in [0.05, 0.1) is 0 Å². The Morgan fingerprint density at radius 3 is 2.70 bits per heavy atom. The van der Waals surface area contributed by atoms with Gasteiger partial charge in [0.25, 0.3) is 0 Å². The first-order chi connectivity index (χ1) is 10.8. The monoisotopic (exact) mass is 325 g/mol. The Balaban J connectivity index is 1.76. The second kappa shape index (κ2) is 5.60. The minimum Gasteiger partial charge on any atom is -0.508 e. The van der Waals surface area contributed by atoms with E-state index in [2.05, 4.69) is 10.4 Å². The highest BCUT2D eigenvalue weighted by Crippen LogP contribution is 2.42. The standard InChI is InChI=1S/C15H14F3N3O2/c16-15(17,18)13-7-12(9-4-5-9)21(20-13)8-14(23)19-10-2-1-3-11(22)6-10/h1-3,6-7,9,22H,4-5,8H2,(H,19,23). The smallest absolute Gasteiger partial charge is 0.435 e. The van der Waals surface area contributed by atoms with Crippen LogP contribution in [0.2, 0.25) is 0 Å². The van der Waals surface area contributed by atoms with Crippen LogP contribution in [0.3, 0.4) is 0 Å². The number of anilines is 1. The number of nitrogens with zero attached hydrogens (tertiary/aromatic N) is 2. The van der Waals surface area contributed by atoms with E-state index in [1.54, 1.807) is 12.1 Å². The van der Waals surface area contributed by atoms with E-state index in [1.807, 2.05) is 0 Å². The lowest BCUT2D eigenvalue weighted by molar-refractivity contribution is -0.141. The third kappa shape index (κ3) is 3.64. The van der Waals surface area contributed by atoms with E-state index in [0.717, 1.165) is 23.6 Å². The summed E-state index contributed by atoms with van der Waals surface area (Å²) in [5.41, 5.74) is -0.181. The number of alkyl halides is 3. The molecule has 0 spiro atoms. The summed E-state index contributed by atoms with van der Waals surface area (Å²) in [5.74, 6) is -0.485. The number of hydrogen-bond acceptors (Lipinski definition) is 3. The molecule has 1 amide bonds. The molecule has 1 aliphatic rings. The Bertz CT molecular complexity index is 736. The van der Waals surface area contributed by atoms with Crippen molar-refractivity contribution >= 4 is 11.6 Å². The van der Waals surface area contributed by atoms with Crippen LogP contribution in [0.15, 0.2) is 30.3 Å². The first kappa shape index (κ1) is 15.4. The summed E-state index contributed by atoms with van der Waals surface area (Å²) < 4.78 is 39.5. The molecule has 0 radical (unpaired) electrons. The molecule has 1 aromatic carbocycles. The molecule has 122 valence electrons. The van der Waals surface area contributed by atoms with Crippen LogP contribution < -0.4 is 5.32 Å². The lowest BCUT2D eigenvalue weighted by Gasteiger charge is -2.08. The lowest BCUT2D eigenvalue weighted by Crippen LogP contribution is -2.21. The predicted molar refractivity (Wildman–Crippen MR) is 75.9 cm³/mol. The third-order valence-corrected chi connectivity index (χ3v) is 3.52. The molecule has 3 rings (SSSR count). The summed E-state index contributed by atoms with van der Waals surface area (Å²) in [7, 11) is 0. The number of nitrogens with one attached hydrogen (secondary N) is 1. The first-order valence-corrected chi connectivity index (χ1v) is 7.07. The fourth-order valence-corrected chi connectivity index (χ4v) is 2.32. The Morgan fingerprint density at radius 2 is 2.09 bits per heavy atom. The molecule has 23 heavy (non-hydrogen) atoms. The summed E-state index contributed by atoms with van der Waals surface area (Å²) >= 11 is 0. The summed E-state index contributed by atoms with van der Waals surface area (Å²) in [4.78, 5) is 12.0. The average Bonchev–Trinajstić information content (AvgIpc) is 3.19. The van der Waals surface area contributed by atoms with Gasteiger partial charge >= 0.3 is 6.18 Å². The molecule has 2 N–H and O–H groups in total. The lowest BCUT2D eigenvalue weighted by atomic mass is 10.2. The molecule has 0 bridgehead atoms. The summed E-state index contributed by atoms with van der Waals surface area (Å²) in [6.07, 6.45) is -2.93. The van der Waals surface area contributed by atoms with Gasteiger partial charge in [-0.2, -0.15) is 18.3 Å². The molecule has 1 aliphatic carbocycles. The number of rotatable bonds is 4. The normalized spacial score (nSPS) is 14.7. The number of carbonyl (C=O) groups is 1. The Hall–Kier alpha value is -2.51. The van der Waals surface area contributed by atoms with Gasteiger partial charge in [-0.05, 0) is 31.0 Å². The summed E-state index contributed by atoms with van der Waals surface area (Å²) in [5, 5.41) is 15.4. The molecule has 5 nitrogen and oxygen atoms in total. The van der Waals surface area contributed by atoms with Gasteiger partial charge in [-0.3, -0.25) is 9.48 Å². The Labute approximate surface area is 129 Å². The van der Waals surface area contributed by atoms with Gasteiger partial charge < -0.3 is 10.4 Å². The maximum Gasteiger partial charge on any atom is 0.435 e. The minimum absolute atomic E-state index is 0.0140. The number of phenols is 1. The molecule has 0 saturated heterocycles. The molecule has 0 atom stereocenters. The number of halogens is 3. The second-order valence-electron chi connectivity index (χ2n) is 5.48. The van der Waals surface area contributed by atoms with Crippen molar-refractivity contribution in [3.63, 3.8) is 0 Å². The first-order valence-electron chi connectivity index (χ1n) is 7.07. The maximum absolute atomic E-state index is 12.8. The van der Waals surface area contributed by atoms with Crippen LogP contribution in [-0.4, -0.2) is 20.8 Å². The molecule has 0 unspecified atom stereocenters. The van der Waals surface area contributed by atoms with E-state index < -0.39 is 17.8 Å². The Kier molecular flexibility index (Phi) is 3.75. The zero-order chi connectivity index (χ0) is 16.6. The van der Waals surface area contributed by atoms with Gasteiger partial charge in [-0.25, -0.2) is 0 Å². The molecule has 1 fully saturated rings. The molecule has 2 aromatic rings. The van der Waals surface area contributed by atoms with Crippen molar-refractivity contribution in [3.8, 4) is 5.75 Å². The highest BCUT2D eigenvalue weighted by molar-refractivity contribution is 5.90. The quantitative estimate of drug-likeness (QED) is 0.907. The number of phenolic OH excluding ortho intramolecular Hbond substituents is 1. The average molecular weight is 325 g/mol. The highest BCUT2D eigenvalue weighted by atomic mass is 19.4. The molecule has 1 heterocycles. The topological polar surface area (TPSA) is 67.2 Å². The van der Waals surface area contributed by atoms with Gasteiger partial charge in [0, 0.05) is 23.4 Å². The van der Waals surface area contributed by atoms with E-state index in [0.29, 0.717) is 11.4 Å². The van der Waals surface area contributed by atoms with Gasteiger partial charge in [-0.15, -0.1) is 0 Å². The zero-order valence-corrected chi connectivity index (χ0v) is 12.0. The molecule has 8 heteroatoms. The van der Waals surface area contributed by atoms with Gasteiger partial charge in [-0.1, -0.05) is 6.07 Å². The summed E-state index contributed by atoms with van der Waals surface area (Å²) in [6, 6.07) is 6.94. The fraction of sp³-hybridized carbons (Fsp3) is 0.333.